The molecule has 6 amide bonds. The van der Waals surface area contributed by atoms with E-state index in [1.807, 2.05) is 11.8 Å². The number of nitrogens with zero attached hydrogens (tertiary/aromatic N) is 6. The third kappa shape index (κ3) is 13.3. The number of hydrogen-bond donors (Lipinski definition) is 3. The number of hydrogen-bond acceptors (Lipinski definition) is 14. The van der Waals surface area contributed by atoms with E-state index in [0.29, 0.717) is 69.5 Å². The standard InChI is InChI=1S/C52H54F3N9O10/c1-34-8-9-36(29-35(34)11-13-39-31-57-44-7-3-16-58-64(39)44)48(67)59-38-12-10-37(41(30-38)52(53,54)55)32-62-21-19-61(20-22-62)18-4-23-71-25-27-73-28-26-72-24-17-56-46(66)33-74-43-6-2-5-40-47(43)51(70)63(50(40)69)42-14-15-45(65)60-49(42)68/h2-3,5-10,12,16,29-31,42H,4,14-15,17-28,32-33H2,1H3,(H,56,66)(H,59,67)(H,60,65,68). The van der Waals surface area contributed by atoms with Crippen LogP contribution in [0.25, 0.3) is 5.65 Å². The highest BCUT2D eigenvalue weighted by Crippen LogP contribution is 2.36. The Hall–Kier alpha value is -7.55. The Morgan fingerprint density at radius 3 is 2.38 bits per heavy atom. The molecule has 0 spiro atoms. The predicted molar refractivity (Wildman–Crippen MR) is 260 cm³/mol. The molecule has 1 atom stereocenters. The number of imidazole rings is 1. The van der Waals surface area contributed by atoms with Gasteiger partial charge in [-0.2, -0.15) is 18.3 Å². The van der Waals surface area contributed by atoms with Crippen LogP contribution in [0.5, 0.6) is 5.75 Å². The molecule has 2 saturated heterocycles. The van der Waals surface area contributed by atoms with Crippen molar-refractivity contribution in [1.29, 1.82) is 0 Å². The van der Waals surface area contributed by atoms with Gasteiger partial charge in [0.15, 0.2) is 12.3 Å². The van der Waals surface area contributed by atoms with Crippen LogP contribution in [0.2, 0.25) is 0 Å². The number of amides is 6. The number of rotatable bonds is 21. The summed E-state index contributed by atoms with van der Waals surface area (Å²) in [5.74, 6) is 2.46. The molecule has 22 heteroatoms. The fraction of sp³-hybridized carbons (Fsp3) is 0.385. The second-order valence-electron chi connectivity index (χ2n) is 17.6. The highest BCUT2D eigenvalue weighted by Gasteiger charge is 2.46. The Balaban J connectivity index is 0.662. The monoisotopic (exact) mass is 1020 g/mol. The molecule has 0 saturated carbocycles. The van der Waals surface area contributed by atoms with Gasteiger partial charge in [-0.05, 0) is 85.3 Å². The lowest BCUT2D eigenvalue weighted by Crippen LogP contribution is -2.54. The molecule has 3 N–H and O–H groups in total. The molecule has 388 valence electrons. The third-order valence-corrected chi connectivity index (χ3v) is 12.5. The molecule has 3 aromatic carbocycles. The summed E-state index contributed by atoms with van der Waals surface area (Å²) in [7, 11) is 0. The van der Waals surface area contributed by atoms with Crippen LogP contribution in [0.4, 0.5) is 18.9 Å². The van der Waals surface area contributed by atoms with Crippen molar-refractivity contribution in [3.05, 3.63) is 124 Å². The van der Waals surface area contributed by atoms with Gasteiger partial charge in [0.1, 0.15) is 17.5 Å². The fourth-order valence-corrected chi connectivity index (χ4v) is 8.61. The Labute approximate surface area is 423 Å². The van der Waals surface area contributed by atoms with Crippen LogP contribution >= 0.6 is 0 Å². The minimum atomic E-state index is -4.63. The number of benzene rings is 3. The summed E-state index contributed by atoms with van der Waals surface area (Å²) >= 11 is 0. The summed E-state index contributed by atoms with van der Waals surface area (Å²) in [4.78, 5) is 85.2. The molecule has 2 fully saturated rings. The van der Waals surface area contributed by atoms with Crippen molar-refractivity contribution in [2.45, 2.75) is 44.9 Å². The van der Waals surface area contributed by atoms with E-state index >= 15 is 0 Å². The molecule has 5 heterocycles. The predicted octanol–water partition coefficient (Wildman–Crippen LogP) is 3.86. The van der Waals surface area contributed by atoms with Gasteiger partial charge < -0.3 is 34.5 Å². The third-order valence-electron chi connectivity index (χ3n) is 12.5. The smallest absolute Gasteiger partial charge is 0.416 e. The molecule has 0 aliphatic carbocycles. The lowest BCUT2D eigenvalue weighted by Gasteiger charge is -2.35. The zero-order valence-electron chi connectivity index (χ0n) is 40.5. The summed E-state index contributed by atoms with van der Waals surface area (Å²) < 4.78 is 67.1. The number of aromatic nitrogens is 3. The molecule has 0 radical (unpaired) electrons. The van der Waals surface area contributed by atoms with Crippen molar-refractivity contribution < 1.29 is 60.9 Å². The lowest BCUT2D eigenvalue weighted by molar-refractivity contribution is -0.138. The Kier molecular flexibility index (Phi) is 17.4. The van der Waals surface area contributed by atoms with E-state index in [4.69, 9.17) is 18.9 Å². The molecule has 5 aromatic rings. The summed E-state index contributed by atoms with van der Waals surface area (Å²) in [5, 5.41) is 11.7. The van der Waals surface area contributed by atoms with Crippen molar-refractivity contribution in [3.63, 3.8) is 0 Å². The van der Waals surface area contributed by atoms with Crippen molar-refractivity contribution in [3.8, 4) is 17.6 Å². The van der Waals surface area contributed by atoms with Gasteiger partial charge in [0.25, 0.3) is 23.6 Å². The molecule has 19 nitrogen and oxygen atoms in total. The van der Waals surface area contributed by atoms with Gasteiger partial charge in [0.05, 0.1) is 55.9 Å². The number of carbonyl (C=O) groups excluding carboxylic acids is 6. The van der Waals surface area contributed by atoms with Crippen molar-refractivity contribution >= 4 is 46.8 Å². The van der Waals surface area contributed by atoms with E-state index in [2.05, 4.69) is 42.8 Å². The number of halogens is 3. The van der Waals surface area contributed by atoms with Gasteiger partial charge in [-0.3, -0.25) is 43.9 Å². The first kappa shape index (κ1) is 52.8. The SMILES string of the molecule is Cc1ccc(C(=O)Nc2ccc(CN3CCN(CCCOCCOCCOCCNC(=O)COc4cccc5c4C(=O)N(C4CCC(=O)NC4=O)C5=O)CC3)c(C(F)(F)F)c2)cc1C#Cc1cnc2cccnn12. The first-order chi connectivity index (χ1) is 35.7. The number of aryl methyl sites for hydroxylation is 1. The highest BCUT2D eigenvalue weighted by molar-refractivity contribution is 6.24. The second-order valence-corrected chi connectivity index (χ2v) is 17.6. The van der Waals surface area contributed by atoms with E-state index in [0.717, 1.165) is 29.5 Å². The van der Waals surface area contributed by atoms with Crippen molar-refractivity contribution in [2.24, 2.45) is 0 Å². The number of fused-ring (bicyclic) bond motifs is 2. The van der Waals surface area contributed by atoms with Crippen LogP contribution in [-0.2, 0) is 41.3 Å². The summed E-state index contributed by atoms with van der Waals surface area (Å²) in [6, 6.07) is 15.7. The number of alkyl halides is 3. The maximum absolute atomic E-state index is 14.4. The van der Waals surface area contributed by atoms with Crippen molar-refractivity contribution in [2.75, 3.05) is 90.8 Å². The van der Waals surface area contributed by atoms with E-state index in [1.54, 1.807) is 47.2 Å². The largest absolute Gasteiger partial charge is 0.483 e. The van der Waals surface area contributed by atoms with Crippen LogP contribution in [0, 0.1) is 18.8 Å². The number of imide groups is 2. The summed E-state index contributed by atoms with van der Waals surface area (Å²) in [6.07, 6.45) is -0.619. The topological polar surface area (TPSA) is 215 Å². The number of piperazine rings is 1. The quantitative estimate of drug-likeness (QED) is 0.0541. The van der Waals surface area contributed by atoms with Crippen LogP contribution in [0.15, 0.2) is 79.1 Å². The Morgan fingerprint density at radius 1 is 0.851 bits per heavy atom. The van der Waals surface area contributed by atoms with E-state index < -0.39 is 59.8 Å². The first-order valence-corrected chi connectivity index (χ1v) is 24.1. The molecular formula is C52H54F3N9O10. The Morgan fingerprint density at radius 2 is 1.61 bits per heavy atom. The average Bonchev–Trinajstić information content (AvgIpc) is 3.91. The summed E-state index contributed by atoms with van der Waals surface area (Å²) in [6.45, 7) is 7.16. The number of carbonyl (C=O) groups is 6. The molecule has 8 rings (SSSR count). The molecule has 3 aliphatic heterocycles. The molecule has 1 unspecified atom stereocenters. The molecule has 74 heavy (non-hydrogen) atoms. The fourth-order valence-electron chi connectivity index (χ4n) is 8.61. The normalized spacial score (nSPS) is 16.2. The zero-order valence-corrected chi connectivity index (χ0v) is 40.5. The number of piperidine rings is 1. The molecular weight excluding hydrogens is 968 g/mol. The van der Waals surface area contributed by atoms with Gasteiger partial charge in [-0.25, -0.2) is 9.50 Å². The number of anilines is 1. The van der Waals surface area contributed by atoms with E-state index in [9.17, 15) is 41.9 Å². The number of nitrogens with one attached hydrogen (secondary N) is 3. The number of ether oxygens (including phenoxy) is 4. The van der Waals surface area contributed by atoms with Crippen molar-refractivity contribution in [1.82, 2.24) is 39.9 Å². The second kappa shape index (κ2) is 24.4. The van der Waals surface area contributed by atoms with Crippen LogP contribution < -0.4 is 20.7 Å². The van der Waals surface area contributed by atoms with Gasteiger partial charge in [-0.15, -0.1) is 0 Å². The minimum absolute atomic E-state index is 0.00769. The molecule has 0 bridgehead atoms. The summed E-state index contributed by atoms with van der Waals surface area (Å²) in [5.41, 5.74) is 2.22. The first-order valence-electron chi connectivity index (χ1n) is 24.1. The Bertz CT molecular complexity index is 2960. The van der Waals surface area contributed by atoms with Gasteiger partial charge in [0.2, 0.25) is 11.8 Å². The van der Waals surface area contributed by atoms with Crippen LogP contribution in [0.1, 0.15) is 78.3 Å². The van der Waals surface area contributed by atoms with Gasteiger partial charge in [0, 0.05) is 81.9 Å². The zero-order chi connectivity index (χ0) is 52.2. The van der Waals surface area contributed by atoms with Crippen LogP contribution in [0.3, 0.4) is 0 Å². The highest BCUT2D eigenvalue weighted by atomic mass is 19.4. The molecule has 2 aromatic heterocycles. The van der Waals surface area contributed by atoms with E-state index in [-0.39, 0.29) is 72.8 Å². The van der Waals surface area contributed by atoms with Gasteiger partial charge in [-0.1, -0.05) is 24.1 Å². The molecule has 3 aliphatic rings. The maximum Gasteiger partial charge on any atom is 0.416 e. The average molecular weight is 1020 g/mol. The van der Waals surface area contributed by atoms with Crippen LogP contribution in [-0.4, -0.2) is 156 Å². The van der Waals surface area contributed by atoms with Gasteiger partial charge >= 0.3 is 6.18 Å². The lowest BCUT2D eigenvalue weighted by atomic mass is 10.0. The maximum atomic E-state index is 14.4. The van der Waals surface area contributed by atoms with E-state index in [1.165, 1.54) is 30.3 Å². The minimum Gasteiger partial charge on any atom is -0.483 e.